The van der Waals surface area contributed by atoms with Gasteiger partial charge in [-0.15, -0.1) is 0 Å². The number of aromatic nitrogens is 1. The van der Waals surface area contributed by atoms with Gasteiger partial charge in [-0.3, -0.25) is 4.79 Å². The Morgan fingerprint density at radius 3 is 2.53 bits per heavy atom. The lowest BCUT2D eigenvalue weighted by atomic mass is 9.88. The first-order valence-corrected chi connectivity index (χ1v) is 10.8. The molecule has 5 rings (SSSR count). The number of carbonyl (C=O) groups excluding carboxylic acids is 1. The minimum absolute atomic E-state index is 0.0574. The molecule has 1 N–H and O–H groups in total. The summed E-state index contributed by atoms with van der Waals surface area (Å²) in [6.07, 6.45) is 6.48. The van der Waals surface area contributed by atoms with Gasteiger partial charge in [0.15, 0.2) is 0 Å². The van der Waals surface area contributed by atoms with Gasteiger partial charge in [0.1, 0.15) is 11.8 Å². The quantitative estimate of drug-likeness (QED) is 0.837. The Morgan fingerprint density at radius 2 is 1.87 bits per heavy atom. The Kier molecular flexibility index (Phi) is 4.82. The van der Waals surface area contributed by atoms with Crippen LogP contribution < -0.4 is 0 Å². The summed E-state index contributed by atoms with van der Waals surface area (Å²) < 4.78 is 5.57. The molecule has 1 unspecified atom stereocenters. The maximum absolute atomic E-state index is 12.6. The van der Waals surface area contributed by atoms with Crippen molar-refractivity contribution in [3.63, 3.8) is 0 Å². The number of pyridine rings is 1. The van der Waals surface area contributed by atoms with E-state index in [4.69, 9.17) is 9.84 Å². The molecule has 30 heavy (non-hydrogen) atoms. The van der Waals surface area contributed by atoms with Crippen molar-refractivity contribution < 1.29 is 19.4 Å². The Labute approximate surface area is 175 Å². The highest BCUT2D eigenvalue weighted by molar-refractivity contribution is 5.87. The van der Waals surface area contributed by atoms with Gasteiger partial charge in [0, 0.05) is 25.9 Å². The van der Waals surface area contributed by atoms with Crippen molar-refractivity contribution >= 4 is 11.9 Å². The van der Waals surface area contributed by atoms with Gasteiger partial charge in [-0.2, -0.15) is 0 Å². The van der Waals surface area contributed by atoms with E-state index in [0.29, 0.717) is 17.9 Å². The zero-order valence-corrected chi connectivity index (χ0v) is 16.9. The fourth-order valence-electron chi connectivity index (χ4n) is 5.16. The Hall–Kier alpha value is -2.73. The maximum atomic E-state index is 12.6. The zero-order chi connectivity index (χ0) is 20.7. The summed E-state index contributed by atoms with van der Waals surface area (Å²) in [6, 6.07) is 11.9. The van der Waals surface area contributed by atoms with Crippen LogP contribution in [0.3, 0.4) is 0 Å². The molecule has 2 aliphatic heterocycles. The van der Waals surface area contributed by atoms with E-state index in [9.17, 15) is 9.59 Å². The molecule has 2 aromatic rings. The lowest BCUT2D eigenvalue weighted by Crippen LogP contribution is -2.44. The lowest BCUT2D eigenvalue weighted by molar-refractivity contribution is -0.142. The Bertz CT molecular complexity index is 957. The number of rotatable bonds is 4. The summed E-state index contributed by atoms with van der Waals surface area (Å²) in [7, 11) is 0. The molecular formula is C24H26N2O4. The molecule has 1 saturated carbocycles. The van der Waals surface area contributed by atoms with Gasteiger partial charge in [0.2, 0.25) is 0 Å². The number of nitrogens with zero attached hydrogens (tertiary/aromatic N) is 2. The molecule has 1 amide bonds. The van der Waals surface area contributed by atoms with Gasteiger partial charge < -0.3 is 14.7 Å². The number of hydrogen-bond acceptors (Lipinski definition) is 4. The second-order valence-corrected chi connectivity index (χ2v) is 8.80. The van der Waals surface area contributed by atoms with Crippen LogP contribution in [0.15, 0.2) is 42.6 Å². The molecule has 0 radical (unpaired) electrons. The Morgan fingerprint density at radius 1 is 1.10 bits per heavy atom. The van der Waals surface area contributed by atoms with Gasteiger partial charge in [0.25, 0.3) is 5.91 Å². The molecule has 1 aromatic heterocycles. The second-order valence-electron chi connectivity index (χ2n) is 8.80. The topological polar surface area (TPSA) is 79.7 Å². The molecule has 3 heterocycles. The van der Waals surface area contributed by atoms with Crippen molar-refractivity contribution in [3.05, 3.63) is 53.9 Å². The second kappa shape index (κ2) is 7.51. The van der Waals surface area contributed by atoms with Gasteiger partial charge in [-0.05, 0) is 72.3 Å². The number of carbonyl (C=O) groups is 2. The van der Waals surface area contributed by atoms with E-state index in [1.165, 1.54) is 18.2 Å². The van der Waals surface area contributed by atoms with Crippen LogP contribution in [-0.4, -0.2) is 52.7 Å². The number of aromatic carboxylic acids is 1. The van der Waals surface area contributed by atoms with E-state index in [2.05, 4.69) is 29.2 Å². The molecule has 1 aliphatic carbocycles. The first-order valence-electron chi connectivity index (χ1n) is 10.8. The van der Waals surface area contributed by atoms with E-state index in [1.807, 2.05) is 11.0 Å². The number of benzene rings is 1. The third-order valence-electron chi connectivity index (χ3n) is 7.09. The average Bonchev–Trinajstić information content (AvgIpc) is 3.20. The monoisotopic (exact) mass is 406 g/mol. The molecule has 156 valence electrons. The smallest absolute Gasteiger partial charge is 0.354 e. The van der Waals surface area contributed by atoms with Crippen molar-refractivity contribution in [2.45, 2.75) is 44.1 Å². The van der Waals surface area contributed by atoms with Crippen molar-refractivity contribution in [2.24, 2.45) is 5.41 Å². The van der Waals surface area contributed by atoms with Crippen LogP contribution >= 0.6 is 0 Å². The summed E-state index contributed by atoms with van der Waals surface area (Å²) in [6.45, 7) is 2.38. The van der Waals surface area contributed by atoms with Gasteiger partial charge in [-0.1, -0.05) is 24.3 Å². The fourth-order valence-corrected chi connectivity index (χ4v) is 5.16. The fraction of sp³-hybridized carbons (Fsp3) is 0.458. The van der Waals surface area contributed by atoms with Crippen molar-refractivity contribution in [1.82, 2.24) is 9.88 Å². The third kappa shape index (κ3) is 3.49. The largest absolute Gasteiger partial charge is 0.477 e. The summed E-state index contributed by atoms with van der Waals surface area (Å²) >= 11 is 0. The SMILES string of the molecule is O=C(O)c1cc(-c2ccc(C3CC34CCN(C(=O)[C@H]3CCCO3)CC4)cc2)ccn1. The van der Waals surface area contributed by atoms with Crippen molar-refractivity contribution in [3.8, 4) is 11.1 Å². The number of amides is 1. The number of likely N-dealkylation sites (tertiary alicyclic amines) is 1. The standard InChI is InChI=1S/C24H26N2O4/c27-22(21-2-1-13-30-21)26-11-8-24(9-12-26)15-19(24)17-5-3-16(4-6-17)18-7-10-25-20(14-18)23(28)29/h3-7,10,14,19,21H,1-2,8-9,11-13,15H2,(H,28,29)/t19?,21-/m1/s1. The molecule has 2 atom stereocenters. The molecule has 6 nitrogen and oxygen atoms in total. The van der Waals surface area contributed by atoms with Gasteiger partial charge >= 0.3 is 5.97 Å². The number of carboxylic acid groups (broad SMARTS) is 1. The van der Waals surface area contributed by atoms with Crippen LogP contribution in [0.2, 0.25) is 0 Å². The first kappa shape index (κ1) is 19.2. The van der Waals surface area contributed by atoms with Crippen molar-refractivity contribution in [2.75, 3.05) is 19.7 Å². The number of ether oxygens (including phenoxy) is 1. The van der Waals surface area contributed by atoms with Crippen LogP contribution in [0.5, 0.6) is 0 Å². The molecule has 0 bridgehead atoms. The molecule has 1 aromatic carbocycles. The minimum atomic E-state index is -1.02. The summed E-state index contributed by atoms with van der Waals surface area (Å²) in [5.74, 6) is -0.279. The third-order valence-corrected chi connectivity index (χ3v) is 7.09. The van der Waals surface area contributed by atoms with Crippen LogP contribution in [0.1, 0.15) is 54.1 Å². The molecule has 3 aliphatic rings. The van der Waals surface area contributed by atoms with Gasteiger partial charge in [0.05, 0.1) is 0 Å². The highest BCUT2D eigenvalue weighted by Crippen LogP contribution is 2.65. The number of carboxylic acids is 1. The summed E-state index contributed by atoms with van der Waals surface area (Å²) in [5.41, 5.74) is 3.59. The van der Waals surface area contributed by atoms with Crippen molar-refractivity contribution in [1.29, 1.82) is 0 Å². The highest BCUT2D eigenvalue weighted by atomic mass is 16.5. The molecular weight excluding hydrogens is 380 g/mol. The lowest BCUT2D eigenvalue weighted by Gasteiger charge is -2.34. The van der Waals surface area contributed by atoms with E-state index in [1.54, 1.807) is 6.07 Å². The Balaban J connectivity index is 1.22. The van der Waals surface area contributed by atoms with Crippen LogP contribution in [-0.2, 0) is 9.53 Å². The summed E-state index contributed by atoms with van der Waals surface area (Å²) in [4.78, 5) is 29.6. The predicted molar refractivity (Wildman–Crippen MR) is 111 cm³/mol. The molecule has 2 saturated heterocycles. The van der Waals surface area contributed by atoms with Crippen LogP contribution in [0.4, 0.5) is 0 Å². The number of hydrogen-bond donors (Lipinski definition) is 1. The zero-order valence-electron chi connectivity index (χ0n) is 16.9. The molecule has 6 heteroatoms. The maximum Gasteiger partial charge on any atom is 0.354 e. The predicted octanol–water partition coefficient (Wildman–Crippen LogP) is 3.72. The summed E-state index contributed by atoms with van der Waals surface area (Å²) in [5, 5.41) is 9.14. The van der Waals surface area contributed by atoms with E-state index < -0.39 is 5.97 Å². The van der Waals surface area contributed by atoms with Crippen LogP contribution in [0.25, 0.3) is 11.1 Å². The molecule has 3 fully saturated rings. The van der Waals surface area contributed by atoms with E-state index in [-0.39, 0.29) is 17.7 Å². The van der Waals surface area contributed by atoms with Gasteiger partial charge in [-0.25, -0.2) is 9.78 Å². The minimum Gasteiger partial charge on any atom is -0.477 e. The highest BCUT2D eigenvalue weighted by Gasteiger charge is 2.55. The number of piperidine rings is 1. The molecule has 1 spiro atoms. The van der Waals surface area contributed by atoms with Crippen LogP contribution in [0, 0.1) is 5.41 Å². The normalized spacial score (nSPS) is 24.7. The first-order chi connectivity index (χ1) is 14.6. The van der Waals surface area contributed by atoms with E-state index in [0.717, 1.165) is 49.9 Å². The van der Waals surface area contributed by atoms with E-state index >= 15 is 0 Å². The average molecular weight is 406 g/mol.